The van der Waals surface area contributed by atoms with Gasteiger partial charge in [-0.2, -0.15) is 0 Å². The Morgan fingerprint density at radius 1 is 1.16 bits per heavy atom. The number of hydrogen-bond donors (Lipinski definition) is 2. The van der Waals surface area contributed by atoms with Crippen molar-refractivity contribution in [3.05, 3.63) is 29.8 Å². The number of hydrogen-bond acceptors (Lipinski definition) is 4. The molecule has 1 rings (SSSR count). The van der Waals surface area contributed by atoms with E-state index in [1.165, 1.54) is 16.7 Å². The Morgan fingerprint density at radius 2 is 1.84 bits per heavy atom. The van der Waals surface area contributed by atoms with Crippen LogP contribution >= 0.6 is 11.8 Å². The van der Waals surface area contributed by atoms with Crippen molar-refractivity contribution in [2.45, 2.75) is 38.1 Å². The predicted molar refractivity (Wildman–Crippen MR) is 101 cm³/mol. The highest BCUT2D eigenvalue weighted by Crippen LogP contribution is 2.23. The lowest BCUT2D eigenvalue weighted by Crippen LogP contribution is -2.38. The third-order valence-corrected chi connectivity index (χ3v) is 4.30. The number of thioether (sulfide) groups is 1. The molecule has 1 aromatic carbocycles. The first kappa shape index (κ1) is 21.0. The first-order valence-electron chi connectivity index (χ1n) is 8.38. The summed E-state index contributed by atoms with van der Waals surface area (Å²) in [5, 5.41) is 5.57. The van der Waals surface area contributed by atoms with Crippen LogP contribution in [0.5, 0.6) is 0 Å². The fourth-order valence-corrected chi connectivity index (χ4v) is 2.94. The molecule has 0 aliphatic carbocycles. The molecule has 0 atom stereocenters. The first-order chi connectivity index (χ1) is 11.8. The van der Waals surface area contributed by atoms with Crippen molar-refractivity contribution in [1.82, 2.24) is 15.5 Å². The summed E-state index contributed by atoms with van der Waals surface area (Å²) in [4.78, 5) is 38.3. The smallest absolute Gasteiger partial charge is 0.255 e. The minimum atomic E-state index is -0.237. The summed E-state index contributed by atoms with van der Waals surface area (Å²) >= 11 is 1.32. The molecule has 0 saturated heterocycles. The number of benzene rings is 1. The molecule has 6 nitrogen and oxygen atoms in total. The predicted octanol–water partition coefficient (Wildman–Crippen LogP) is 1.90. The van der Waals surface area contributed by atoms with Crippen molar-refractivity contribution in [2.75, 3.05) is 25.9 Å². The molecule has 0 saturated carbocycles. The van der Waals surface area contributed by atoms with E-state index in [4.69, 9.17) is 0 Å². The van der Waals surface area contributed by atoms with Crippen LogP contribution in [0.1, 0.15) is 37.6 Å². The molecule has 0 fully saturated rings. The maximum absolute atomic E-state index is 12.6. The highest BCUT2D eigenvalue weighted by Gasteiger charge is 2.18. The van der Waals surface area contributed by atoms with Gasteiger partial charge in [0.2, 0.25) is 11.8 Å². The minimum Gasteiger partial charge on any atom is -0.355 e. The van der Waals surface area contributed by atoms with Crippen LogP contribution in [0.25, 0.3) is 0 Å². The van der Waals surface area contributed by atoms with Crippen LogP contribution in [0.15, 0.2) is 29.2 Å². The lowest BCUT2D eigenvalue weighted by atomic mass is 10.2. The topological polar surface area (TPSA) is 78.5 Å². The Hall–Kier alpha value is -2.02. The van der Waals surface area contributed by atoms with E-state index in [0.717, 1.165) is 11.3 Å². The average Bonchev–Trinajstić information content (AvgIpc) is 2.57. The molecule has 3 amide bonds. The van der Waals surface area contributed by atoms with Crippen molar-refractivity contribution in [3.8, 4) is 0 Å². The fraction of sp³-hybridized carbons (Fsp3) is 0.500. The van der Waals surface area contributed by atoms with Crippen molar-refractivity contribution < 1.29 is 14.4 Å². The third-order valence-electron chi connectivity index (χ3n) is 3.23. The number of rotatable bonds is 9. The Morgan fingerprint density at radius 3 is 2.48 bits per heavy atom. The normalized spacial score (nSPS) is 10.4. The summed E-state index contributed by atoms with van der Waals surface area (Å²) in [6.07, 6.45) is 0.849. The highest BCUT2D eigenvalue weighted by atomic mass is 32.2. The molecule has 0 spiro atoms. The van der Waals surface area contributed by atoms with Crippen LogP contribution in [-0.2, 0) is 9.59 Å². The molecule has 0 aromatic heterocycles. The maximum atomic E-state index is 12.6. The molecule has 7 heteroatoms. The van der Waals surface area contributed by atoms with Crippen molar-refractivity contribution in [3.63, 3.8) is 0 Å². The maximum Gasteiger partial charge on any atom is 0.255 e. The SMILES string of the molecule is CCCNC(=O)CN(C)C(=O)c1ccccc1SCC(=O)NC(C)C. The Labute approximate surface area is 153 Å². The van der Waals surface area contributed by atoms with Gasteiger partial charge in [0.15, 0.2) is 0 Å². The molecule has 25 heavy (non-hydrogen) atoms. The molecular weight excluding hydrogens is 338 g/mol. The summed E-state index contributed by atoms with van der Waals surface area (Å²) in [5.41, 5.74) is 0.496. The summed E-state index contributed by atoms with van der Waals surface area (Å²) in [6.45, 7) is 6.37. The second kappa shape index (κ2) is 10.8. The van der Waals surface area contributed by atoms with Gasteiger partial charge in [0.25, 0.3) is 5.91 Å². The molecule has 2 N–H and O–H groups in total. The van der Waals surface area contributed by atoms with Gasteiger partial charge >= 0.3 is 0 Å². The molecule has 0 aliphatic heterocycles. The van der Waals surface area contributed by atoms with Gasteiger partial charge in [0, 0.05) is 24.5 Å². The molecule has 0 bridgehead atoms. The first-order valence-corrected chi connectivity index (χ1v) is 9.37. The lowest BCUT2D eigenvalue weighted by molar-refractivity contribution is -0.121. The van der Waals surface area contributed by atoms with Gasteiger partial charge in [-0.3, -0.25) is 14.4 Å². The number of carbonyl (C=O) groups is 3. The van der Waals surface area contributed by atoms with Crippen LogP contribution in [-0.4, -0.2) is 54.6 Å². The zero-order valence-corrected chi connectivity index (χ0v) is 16.1. The summed E-state index contributed by atoms with van der Waals surface area (Å²) in [7, 11) is 1.60. The summed E-state index contributed by atoms with van der Waals surface area (Å²) < 4.78 is 0. The van der Waals surface area contributed by atoms with Crippen LogP contribution in [0.3, 0.4) is 0 Å². The molecule has 0 aliphatic rings. The average molecular weight is 365 g/mol. The molecule has 138 valence electrons. The second-order valence-corrected chi connectivity index (χ2v) is 7.04. The van der Waals surface area contributed by atoms with Gasteiger partial charge in [-0.15, -0.1) is 11.8 Å². The third kappa shape index (κ3) is 7.60. The monoisotopic (exact) mass is 365 g/mol. The van der Waals surface area contributed by atoms with E-state index in [1.54, 1.807) is 19.2 Å². The van der Waals surface area contributed by atoms with E-state index in [-0.39, 0.29) is 36.1 Å². The zero-order chi connectivity index (χ0) is 18.8. The number of amides is 3. The van der Waals surface area contributed by atoms with Gasteiger partial charge in [0.05, 0.1) is 17.9 Å². The van der Waals surface area contributed by atoms with Gasteiger partial charge in [-0.1, -0.05) is 19.1 Å². The Bertz CT molecular complexity index is 605. The van der Waals surface area contributed by atoms with Crippen LogP contribution in [0.4, 0.5) is 0 Å². The van der Waals surface area contributed by atoms with Gasteiger partial charge in [-0.25, -0.2) is 0 Å². The highest BCUT2D eigenvalue weighted by molar-refractivity contribution is 8.00. The lowest BCUT2D eigenvalue weighted by Gasteiger charge is -2.18. The van der Waals surface area contributed by atoms with E-state index in [0.29, 0.717) is 12.1 Å². The molecule has 0 radical (unpaired) electrons. The number of nitrogens with one attached hydrogen (secondary N) is 2. The summed E-state index contributed by atoms with van der Waals surface area (Å²) in [6, 6.07) is 7.21. The van der Waals surface area contributed by atoms with Gasteiger partial charge < -0.3 is 15.5 Å². The van der Waals surface area contributed by atoms with Crippen LogP contribution < -0.4 is 10.6 Å². The fourth-order valence-electron chi connectivity index (χ4n) is 2.09. The van der Waals surface area contributed by atoms with E-state index >= 15 is 0 Å². The largest absolute Gasteiger partial charge is 0.355 e. The van der Waals surface area contributed by atoms with E-state index in [1.807, 2.05) is 32.9 Å². The van der Waals surface area contributed by atoms with Crippen molar-refractivity contribution in [1.29, 1.82) is 0 Å². The molecular formula is C18H27N3O3S. The second-order valence-electron chi connectivity index (χ2n) is 6.02. The van der Waals surface area contributed by atoms with Crippen LogP contribution in [0, 0.1) is 0 Å². The van der Waals surface area contributed by atoms with Gasteiger partial charge in [-0.05, 0) is 32.4 Å². The molecule has 0 heterocycles. The number of nitrogens with zero attached hydrogens (tertiary/aromatic N) is 1. The Kier molecular flexibility index (Phi) is 9.05. The van der Waals surface area contributed by atoms with Crippen molar-refractivity contribution in [2.24, 2.45) is 0 Å². The minimum absolute atomic E-state index is 0.00562. The number of carbonyl (C=O) groups excluding carboxylic acids is 3. The van der Waals surface area contributed by atoms with E-state index in [9.17, 15) is 14.4 Å². The van der Waals surface area contributed by atoms with E-state index in [2.05, 4.69) is 10.6 Å². The molecule has 0 unspecified atom stereocenters. The number of likely N-dealkylation sites (N-methyl/N-ethyl adjacent to an activating group) is 1. The standard InChI is InChI=1S/C18H27N3O3S/c1-5-10-19-16(22)11-21(4)18(24)14-8-6-7-9-15(14)25-12-17(23)20-13(2)3/h6-9,13H,5,10-12H2,1-4H3,(H,19,22)(H,20,23). The Balaban J connectivity index is 2.72. The summed E-state index contributed by atoms with van der Waals surface area (Å²) in [5.74, 6) is -0.254. The van der Waals surface area contributed by atoms with Crippen molar-refractivity contribution >= 4 is 29.5 Å². The van der Waals surface area contributed by atoms with Crippen LogP contribution in [0.2, 0.25) is 0 Å². The van der Waals surface area contributed by atoms with E-state index < -0.39 is 0 Å². The quantitative estimate of drug-likeness (QED) is 0.655. The molecule has 1 aromatic rings. The van der Waals surface area contributed by atoms with Gasteiger partial charge in [0.1, 0.15) is 0 Å². The zero-order valence-electron chi connectivity index (χ0n) is 15.3.